The molecule has 162 valence electrons. The first-order valence-corrected chi connectivity index (χ1v) is 11.0. The van der Waals surface area contributed by atoms with Crippen molar-refractivity contribution in [2.75, 3.05) is 43.1 Å². The highest BCUT2D eigenvalue weighted by atomic mass is 16.5. The van der Waals surface area contributed by atoms with Crippen LogP contribution in [0.2, 0.25) is 0 Å². The van der Waals surface area contributed by atoms with Crippen molar-refractivity contribution in [2.45, 2.75) is 26.2 Å². The number of ether oxygens (including phenoxy) is 2. The van der Waals surface area contributed by atoms with Gasteiger partial charge >= 0.3 is 0 Å². The van der Waals surface area contributed by atoms with E-state index in [0.29, 0.717) is 31.1 Å². The number of hydrogen-bond donors (Lipinski definition) is 1. The molecule has 0 atom stereocenters. The molecule has 0 bridgehead atoms. The molecule has 1 aliphatic rings. The van der Waals surface area contributed by atoms with Gasteiger partial charge < -0.3 is 19.7 Å². The first-order chi connectivity index (χ1) is 15.3. The van der Waals surface area contributed by atoms with E-state index in [1.54, 1.807) is 12.1 Å². The summed E-state index contributed by atoms with van der Waals surface area (Å²) >= 11 is 0. The second kappa shape index (κ2) is 10.3. The summed E-state index contributed by atoms with van der Waals surface area (Å²) in [7, 11) is 0. The third-order valence-electron chi connectivity index (χ3n) is 5.56. The molecule has 2 aromatic carbocycles. The molecule has 31 heavy (non-hydrogen) atoms. The Kier molecular flexibility index (Phi) is 6.99. The molecule has 3 aromatic rings. The van der Waals surface area contributed by atoms with Crippen LogP contribution in [-0.4, -0.2) is 43.8 Å². The molecule has 1 N–H and O–H groups in total. The number of rotatable bonds is 8. The quantitative estimate of drug-likeness (QED) is 0.527. The molecule has 1 saturated heterocycles. The number of pyridine rings is 1. The highest BCUT2D eigenvalue weighted by molar-refractivity contribution is 6.12. The van der Waals surface area contributed by atoms with Crippen molar-refractivity contribution < 1.29 is 14.3 Å². The minimum atomic E-state index is -0.206. The van der Waals surface area contributed by atoms with Crippen LogP contribution in [0.4, 0.5) is 11.4 Å². The summed E-state index contributed by atoms with van der Waals surface area (Å²) in [6, 6.07) is 13.4. The van der Waals surface area contributed by atoms with Gasteiger partial charge in [0.15, 0.2) is 0 Å². The molecule has 1 aliphatic heterocycles. The van der Waals surface area contributed by atoms with Gasteiger partial charge in [0.2, 0.25) is 0 Å². The molecular weight excluding hydrogens is 390 g/mol. The van der Waals surface area contributed by atoms with Crippen LogP contribution < -0.4 is 15.0 Å². The number of para-hydroxylation sites is 1. The first kappa shape index (κ1) is 21.1. The SMILES string of the molecule is CCOCCOc1ccccc1C(=O)Nc1ccc(N2CCCCC2)c2ccncc12. The Labute approximate surface area is 183 Å². The van der Waals surface area contributed by atoms with Crippen LogP contribution in [0.1, 0.15) is 36.5 Å². The lowest BCUT2D eigenvalue weighted by Crippen LogP contribution is -2.29. The number of carbonyl (C=O) groups is 1. The first-order valence-electron chi connectivity index (χ1n) is 11.0. The van der Waals surface area contributed by atoms with Gasteiger partial charge in [0, 0.05) is 48.5 Å². The van der Waals surface area contributed by atoms with E-state index in [4.69, 9.17) is 9.47 Å². The lowest BCUT2D eigenvalue weighted by Gasteiger charge is -2.30. The number of nitrogens with zero attached hydrogens (tertiary/aromatic N) is 2. The van der Waals surface area contributed by atoms with Gasteiger partial charge in [-0.25, -0.2) is 0 Å². The highest BCUT2D eigenvalue weighted by Crippen LogP contribution is 2.33. The topological polar surface area (TPSA) is 63.7 Å². The fraction of sp³-hybridized carbons (Fsp3) is 0.360. The lowest BCUT2D eigenvalue weighted by atomic mass is 10.0. The summed E-state index contributed by atoms with van der Waals surface area (Å²) in [5.41, 5.74) is 2.45. The van der Waals surface area contributed by atoms with Crippen molar-refractivity contribution in [2.24, 2.45) is 0 Å². The van der Waals surface area contributed by atoms with Crippen LogP contribution in [0.5, 0.6) is 5.75 Å². The van der Waals surface area contributed by atoms with Gasteiger partial charge in [-0.15, -0.1) is 0 Å². The van der Waals surface area contributed by atoms with Gasteiger partial charge in [0.1, 0.15) is 12.4 Å². The maximum atomic E-state index is 13.1. The Bertz CT molecular complexity index is 1030. The van der Waals surface area contributed by atoms with Crippen LogP contribution in [-0.2, 0) is 4.74 Å². The van der Waals surface area contributed by atoms with Crippen LogP contribution in [0.15, 0.2) is 54.9 Å². The van der Waals surface area contributed by atoms with Gasteiger partial charge in [-0.1, -0.05) is 12.1 Å². The van der Waals surface area contributed by atoms with Crippen LogP contribution in [0.3, 0.4) is 0 Å². The monoisotopic (exact) mass is 419 g/mol. The second-order valence-electron chi connectivity index (χ2n) is 7.60. The molecule has 0 spiro atoms. The molecule has 6 heteroatoms. The van der Waals surface area contributed by atoms with Gasteiger partial charge in [-0.3, -0.25) is 9.78 Å². The smallest absolute Gasteiger partial charge is 0.259 e. The molecule has 1 fully saturated rings. The van der Waals surface area contributed by atoms with Crippen molar-refractivity contribution in [3.63, 3.8) is 0 Å². The summed E-state index contributed by atoms with van der Waals surface area (Å²) in [6.45, 7) is 5.60. The van der Waals surface area contributed by atoms with Crippen LogP contribution in [0, 0.1) is 0 Å². The molecule has 0 saturated carbocycles. The number of benzene rings is 2. The van der Waals surface area contributed by atoms with Crippen LogP contribution >= 0.6 is 0 Å². The molecule has 0 aliphatic carbocycles. The molecule has 4 rings (SSSR count). The fourth-order valence-corrected chi connectivity index (χ4v) is 4.02. The molecule has 1 amide bonds. The summed E-state index contributed by atoms with van der Waals surface area (Å²) in [6.07, 6.45) is 7.35. The second-order valence-corrected chi connectivity index (χ2v) is 7.60. The molecule has 0 unspecified atom stereocenters. The number of hydrogen-bond acceptors (Lipinski definition) is 5. The van der Waals surface area contributed by atoms with Crippen molar-refractivity contribution in [1.82, 2.24) is 4.98 Å². The van der Waals surface area contributed by atoms with E-state index in [1.807, 2.05) is 43.6 Å². The number of aromatic nitrogens is 1. The summed E-state index contributed by atoms with van der Waals surface area (Å²) in [5.74, 6) is 0.343. The number of piperidine rings is 1. The lowest BCUT2D eigenvalue weighted by molar-refractivity contribution is 0.0998. The van der Waals surface area contributed by atoms with E-state index in [2.05, 4.69) is 21.3 Å². The normalized spacial score (nSPS) is 13.9. The zero-order chi connectivity index (χ0) is 21.5. The number of nitrogens with one attached hydrogen (secondary N) is 1. The fourth-order valence-electron chi connectivity index (χ4n) is 4.02. The van der Waals surface area contributed by atoms with E-state index in [-0.39, 0.29) is 5.91 Å². The summed E-state index contributed by atoms with van der Waals surface area (Å²) in [4.78, 5) is 19.8. The zero-order valence-corrected chi connectivity index (χ0v) is 18.0. The average Bonchev–Trinajstić information content (AvgIpc) is 2.83. The Hall–Kier alpha value is -3.12. The van der Waals surface area contributed by atoms with Gasteiger partial charge in [0.05, 0.1) is 17.9 Å². The maximum absolute atomic E-state index is 13.1. The molecule has 2 heterocycles. The average molecular weight is 420 g/mol. The van der Waals surface area contributed by atoms with Crippen LogP contribution in [0.25, 0.3) is 10.8 Å². The Balaban J connectivity index is 1.57. The number of carbonyl (C=O) groups excluding carboxylic acids is 1. The largest absolute Gasteiger partial charge is 0.490 e. The van der Waals surface area contributed by atoms with E-state index < -0.39 is 0 Å². The van der Waals surface area contributed by atoms with E-state index in [1.165, 1.54) is 24.9 Å². The predicted octanol–water partition coefficient (Wildman–Crippen LogP) is 4.89. The molecule has 6 nitrogen and oxygen atoms in total. The third kappa shape index (κ3) is 4.97. The number of fused-ring (bicyclic) bond motifs is 1. The third-order valence-corrected chi connectivity index (χ3v) is 5.56. The number of amides is 1. The van der Waals surface area contributed by atoms with Gasteiger partial charge in [-0.05, 0) is 56.5 Å². The van der Waals surface area contributed by atoms with Gasteiger partial charge in [0.25, 0.3) is 5.91 Å². The van der Waals surface area contributed by atoms with Gasteiger partial charge in [-0.2, -0.15) is 0 Å². The van der Waals surface area contributed by atoms with E-state index >= 15 is 0 Å². The van der Waals surface area contributed by atoms with Crippen molar-refractivity contribution in [1.29, 1.82) is 0 Å². The van der Waals surface area contributed by atoms with Crippen molar-refractivity contribution in [3.8, 4) is 5.75 Å². The Morgan fingerprint density at radius 2 is 1.87 bits per heavy atom. The predicted molar refractivity (Wildman–Crippen MR) is 124 cm³/mol. The van der Waals surface area contributed by atoms with E-state index in [0.717, 1.165) is 29.5 Å². The van der Waals surface area contributed by atoms with Crippen molar-refractivity contribution in [3.05, 3.63) is 60.4 Å². The number of anilines is 2. The van der Waals surface area contributed by atoms with E-state index in [9.17, 15) is 4.79 Å². The highest BCUT2D eigenvalue weighted by Gasteiger charge is 2.17. The van der Waals surface area contributed by atoms with Crippen molar-refractivity contribution >= 4 is 28.1 Å². The zero-order valence-electron chi connectivity index (χ0n) is 18.0. The minimum absolute atomic E-state index is 0.206. The standard InChI is InChI=1S/C25H29N3O3/c1-2-30-16-17-31-24-9-5-4-8-20(24)25(29)27-22-10-11-23(28-14-6-3-7-15-28)19-12-13-26-18-21(19)22/h4-5,8-13,18H,2-3,6-7,14-17H2,1H3,(H,27,29). The summed E-state index contributed by atoms with van der Waals surface area (Å²) in [5, 5.41) is 5.11. The molecular formula is C25H29N3O3. The molecule has 0 radical (unpaired) electrons. The Morgan fingerprint density at radius 1 is 1.03 bits per heavy atom. The minimum Gasteiger partial charge on any atom is -0.490 e. The summed E-state index contributed by atoms with van der Waals surface area (Å²) < 4.78 is 11.1. The Morgan fingerprint density at radius 3 is 2.71 bits per heavy atom. The maximum Gasteiger partial charge on any atom is 0.259 e. The molecule has 1 aromatic heterocycles.